The predicted octanol–water partition coefficient (Wildman–Crippen LogP) is 6.33. The summed E-state index contributed by atoms with van der Waals surface area (Å²) in [7, 11) is 0. The molecule has 1 N–H and O–H groups in total. The van der Waals surface area contributed by atoms with E-state index in [9.17, 15) is 19.2 Å². The fourth-order valence-corrected chi connectivity index (χ4v) is 6.22. The molecule has 2 atom stereocenters. The molecule has 2 aliphatic heterocycles. The average Bonchev–Trinajstić information content (AvgIpc) is 3.50. The molecule has 2 aromatic rings. The molecule has 2 fully saturated rings. The van der Waals surface area contributed by atoms with Crippen LogP contribution >= 0.6 is 0 Å². The fraction of sp³-hybridized carbons (Fsp3) is 0.588. The van der Waals surface area contributed by atoms with Crippen LogP contribution in [-0.2, 0) is 25.6 Å². The standard InChI is InChI=1S/C34H46N2O4/c37-29-17-7-5-3-1-2-4-6-8-19-31(35-34(40)28(24-29)25-33(39)36-22-11-12-23-36)32(38)21-20-27-16-13-15-26-14-9-10-18-30(26)27/h9-10,13-16,18,28,31H,1-8,11-12,17,19-25H2,(H,35,40)/t28-,31-/m0/s1. The Hall–Kier alpha value is -3.02. The number of fused-ring (bicyclic) bond motifs is 1. The molecule has 0 bridgehead atoms. The van der Waals surface area contributed by atoms with Crippen LogP contribution in [0.3, 0.4) is 0 Å². The fourth-order valence-electron chi connectivity index (χ4n) is 6.22. The number of hydrogen-bond acceptors (Lipinski definition) is 4. The Morgan fingerprint density at radius 3 is 2.25 bits per heavy atom. The lowest BCUT2D eigenvalue weighted by Crippen LogP contribution is -2.45. The summed E-state index contributed by atoms with van der Waals surface area (Å²) >= 11 is 0. The summed E-state index contributed by atoms with van der Waals surface area (Å²) in [5.74, 6) is -1.03. The number of hydrogen-bond donors (Lipinski definition) is 1. The molecule has 2 amide bonds. The van der Waals surface area contributed by atoms with Gasteiger partial charge in [0.15, 0.2) is 5.78 Å². The quantitative estimate of drug-likeness (QED) is 0.459. The molecule has 0 spiro atoms. The van der Waals surface area contributed by atoms with E-state index in [1.54, 1.807) is 0 Å². The summed E-state index contributed by atoms with van der Waals surface area (Å²) < 4.78 is 0. The van der Waals surface area contributed by atoms with E-state index in [1.165, 1.54) is 12.8 Å². The molecule has 0 aromatic heterocycles. The SMILES string of the molecule is O=C1CCCCCCCCCC[C@@H](C(=O)CCc2cccc3ccccc23)NC(=O)[C@H](CC(=O)N2CCCC2)C1. The van der Waals surface area contributed by atoms with Crippen molar-refractivity contribution in [1.82, 2.24) is 10.2 Å². The van der Waals surface area contributed by atoms with Crippen molar-refractivity contribution in [3.8, 4) is 0 Å². The summed E-state index contributed by atoms with van der Waals surface area (Å²) in [5, 5.41) is 5.33. The van der Waals surface area contributed by atoms with Crippen LogP contribution in [0.4, 0.5) is 0 Å². The van der Waals surface area contributed by atoms with Crippen molar-refractivity contribution in [3.05, 3.63) is 48.0 Å². The molecule has 2 saturated heterocycles. The minimum Gasteiger partial charge on any atom is -0.346 e. The molecule has 0 aliphatic carbocycles. The maximum absolute atomic E-state index is 13.6. The second-order valence-corrected chi connectivity index (χ2v) is 11.8. The number of benzene rings is 2. The zero-order chi connectivity index (χ0) is 28.2. The van der Waals surface area contributed by atoms with Gasteiger partial charge in [0, 0.05) is 38.8 Å². The van der Waals surface area contributed by atoms with Crippen LogP contribution in [0, 0.1) is 5.92 Å². The molecule has 216 valence electrons. The molecule has 0 radical (unpaired) electrons. The highest BCUT2D eigenvalue weighted by atomic mass is 16.2. The van der Waals surface area contributed by atoms with Crippen LogP contribution in [0.1, 0.15) is 102 Å². The van der Waals surface area contributed by atoms with Gasteiger partial charge in [0.05, 0.1) is 12.0 Å². The van der Waals surface area contributed by atoms with Gasteiger partial charge in [-0.3, -0.25) is 19.2 Å². The lowest BCUT2D eigenvalue weighted by atomic mass is 9.92. The van der Waals surface area contributed by atoms with E-state index < -0.39 is 12.0 Å². The van der Waals surface area contributed by atoms with Gasteiger partial charge in [-0.1, -0.05) is 87.4 Å². The van der Waals surface area contributed by atoms with Crippen molar-refractivity contribution in [1.29, 1.82) is 0 Å². The highest BCUT2D eigenvalue weighted by Crippen LogP contribution is 2.22. The van der Waals surface area contributed by atoms with Crippen LogP contribution in [-0.4, -0.2) is 47.4 Å². The first-order valence-corrected chi connectivity index (χ1v) is 15.6. The monoisotopic (exact) mass is 546 g/mol. The predicted molar refractivity (Wildman–Crippen MR) is 159 cm³/mol. The normalized spacial score (nSPS) is 22.2. The third-order valence-corrected chi connectivity index (χ3v) is 8.65. The second-order valence-electron chi connectivity index (χ2n) is 11.8. The maximum Gasteiger partial charge on any atom is 0.224 e. The topological polar surface area (TPSA) is 83.5 Å². The summed E-state index contributed by atoms with van der Waals surface area (Å²) in [5.41, 5.74) is 1.13. The first kappa shape index (κ1) is 30.0. The van der Waals surface area contributed by atoms with Gasteiger partial charge in [0.25, 0.3) is 0 Å². The molecule has 6 nitrogen and oxygen atoms in total. The summed E-state index contributed by atoms with van der Waals surface area (Å²) in [6, 6.07) is 13.8. The van der Waals surface area contributed by atoms with Crippen LogP contribution in [0.2, 0.25) is 0 Å². The highest BCUT2D eigenvalue weighted by molar-refractivity contribution is 5.94. The van der Waals surface area contributed by atoms with Gasteiger partial charge >= 0.3 is 0 Å². The third-order valence-electron chi connectivity index (χ3n) is 8.65. The molecule has 0 unspecified atom stereocenters. The van der Waals surface area contributed by atoms with Gasteiger partial charge in [-0.25, -0.2) is 0 Å². The minimum absolute atomic E-state index is 0.0262. The van der Waals surface area contributed by atoms with Crippen molar-refractivity contribution >= 4 is 34.2 Å². The molecule has 6 heteroatoms. The van der Waals surface area contributed by atoms with Crippen molar-refractivity contribution in [2.24, 2.45) is 5.92 Å². The molecule has 2 aromatic carbocycles. The van der Waals surface area contributed by atoms with Crippen molar-refractivity contribution in [3.63, 3.8) is 0 Å². The maximum atomic E-state index is 13.6. The van der Waals surface area contributed by atoms with E-state index in [2.05, 4.69) is 29.6 Å². The first-order valence-electron chi connectivity index (χ1n) is 15.6. The van der Waals surface area contributed by atoms with Crippen LogP contribution in [0.15, 0.2) is 42.5 Å². The number of rotatable bonds is 6. The average molecular weight is 547 g/mol. The summed E-state index contributed by atoms with van der Waals surface area (Å²) in [6.07, 6.45) is 12.4. The number of carbonyl (C=O) groups excluding carboxylic acids is 4. The van der Waals surface area contributed by atoms with Crippen LogP contribution < -0.4 is 5.32 Å². The molecule has 2 aliphatic rings. The number of nitrogens with zero attached hydrogens (tertiary/aromatic N) is 1. The Morgan fingerprint density at radius 1 is 0.800 bits per heavy atom. The Balaban J connectivity index is 1.46. The molecular weight excluding hydrogens is 500 g/mol. The number of likely N-dealkylation sites (tertiary alicyclic amines) is 1. The molecule has 4 rings (SSSR count). The van der Waals surface area contributed by atoms with Gasteiger partial charge in [-0.2, -0.15) is 0 Å². The van der Waals surface area contributed by atoms with Crippen LogP contribution in [0.5, 0.6) is 0 Å². The van der Waals surface area contributed by atoms with E-state index in [-0.39, 0.29) is 36.2 Å². The zero-order valence-corrected chi connectivity index (χ0v) is 24.0. The number of aryl methyl sites for hydroxylation is 1. The van der Waals surface area contributed by atoms with Crippen LogP contribution in [0.25, 0.3) is 10.8 Å². The van der Waals surface area contributed by atoms with E-state index >= 15 is 0 Å². The Kier molecular flexibility index (Phi) is 11.7. The molecule has 40 heavy (non-hydrogen) atoms. The van der Waals surface area contributed by atoms with E-state index in [0.29, 0.717) is 25.7 Å². The largest absolute Gasteiger partial charge is 0.346 e. The van der Waals surface area contributed by atoms with Gasteiger partial charge < -0.3 is 10.2 Å². The Labute approximate surface area is 239 Å². The zero-order valence-electron chi connectivity index (χ0n) is 24.0. The van der Waals surface area contributed by atoms with E-state index in [1.807, 2.05) is 23.1 Å². The van der Waals surface area contributed by atoms with E-state index in [4.69, 9.17) is 0 Å². The molecule has 2 heterocycles. The number of nitrogens with one attached hydrogen (secondary N) is 1. The van der Waals surface area contributed by atoms with Gasteiger partial charge in [0.2, 0.25) is 11.8 Å². The lowest BCUT2D eigenvalue weighted by Gasteiger charge is -2.24. The summed E-state index contributed by atoms with van der Waals surface area (Å²) in [6.45, 7) is 1.44. The minimum atomic E-state index is -0.720. The number of Topliss-reactive ketones (excluding diaryl/α,β-unsaturated/α-hetero) is 2. The van der Waals surface area contributed by atoms with Crippen molar-refractivity contribution in [2.45, 2.75) is 109 Å². The lowest BCUT2D eigenvalue weighted by molar-refractivity contribution is -0.138. The Morgan fingerprint density at radius 2 is 1.48 bits per heavy atom. The van der Waals surface area contributed by atoms with Gasteiger partial charge in [-0.15, -0.1) is 0 Å². The number of carbonyl (C=O) groups is 4. The Bertz CT molecular complexity index is 1150. The highest BCUT2D eigenvalue weighted by Gasteiger charge is 2.30. The van der Waals surface area contributed by atoms with Gasteiger partial charge in [-0.05, 0) is 48.4 Å². The van der Waals surface area contributed by atoms with Crippen molar-refractivity contribution < 1.29 is 19.2 Å². The summed E-state index contributed by atoms with van der Waals surface area (Å²) in [4.78, 5) is 54.7. The van der Waals surface area contributed by atoms with Crippen molar-refractivity contribution in [2.75, 3.05) is 13.1 Å². The molecule has 0 saturated carbocycles. The smallest absolute Gasteiger partial charge is 0.224 e. The number of amides is 2. The first-order chi connectivity index (χ1) is 19.5. The molecular formula is C34H46N2O4. The second kappa shape index (κ2) is 15.7. The van der Waals surface area contributed by atoms with E-state index in [0.717, 1.165) is 80.8 Å². The third kappa shape index (κ3) is 9.00. The van der Waals surface area contributed by atoms with Gasteiger partial charge in [0.1, 0.15) is 5.78 Å². The number of ketones is 2.